The van der Waals surface area contributed by atoms with Crippen molar-refractivity contribution in [2.45, 2.75) is 48.8 Å². The second-order valence-corrected chi connectivity index (χ2v) is 5.16. The lowest BCUT2D eigenvalue weighted by atomic mass is 10.0. The van der Waals surface area contributed by atoms with Crippen molar-refractivity contribution in [3.8, 4) is 0 Å². The van der Waals surface area contributed by atoms with Crippen LogP contribution in [0.3, 0.4) is 0 Å². The first kappa shape index (κ1) is 8.19. The zero-order valence-corrected chi connectivity index (χ0v) is 8.17. The van der Waals surface area contributed by atoms with Gasteiger partial charge >= 0.3 is 0 Å². The maximum Gasteiger partial charge on any atom is 0.0641 e. The van der Waals surface area contributed by atoms with Gasteiger partial charge in [-0.1, -0.05) is 19.3 Å². The van der Waals surface area contributed by atoms with E-state index < -0.39 is 0 Å². The quantitative estimate of drug-likeness (QED) is 0.516. The van der Waals surface area contributed by atoms with Gasteiger partial charge < -0.3 is 0 Å². The fourth-order valence-electron chi connectivity index (χ4n) is 2.18. The van der Waals surface area contributed by atoms with E-state index >= 15 is 0 Å². The summed E-state index contributed by atoms with van der Waals surface area (Å²) in [4.78, 5) is 0.0158. The van der Waals surface area contributed by atoms with E-state index in [0.29, 0.717) is 0 Å². The predicted octanol–water partition coefficient (Wildman–Crippen LogP) is 3.56. The molecule has 2 heteroatoms. The molecule has 3 atom stereocenters. The highest BCUT2D eigenvalue weighted by molar-refractivity contribution is 6.34. The summed E-state index contributed by atoms with van der Waals surface area (Å²) in [6.45, 7) is 0. The van der Waals surface area contributed by atoms with Crippen LogP contribution in [0.15, 0.2) is 0 Å². The highest BCUT2D eigenvalue weighted by Crippen LogP contribution is 2.58. The van der Waals surface area contributed by atoms with Crippen LogP contribution in [0.5, 0.6) is 0 Å². The van der Waals surface area contributed by atoms with Gasteiger partial charge in [-0.05, 0) is 25.2 Å². The van der Waals surface area contributed by atoms with Crippen molar-refractivity contribution in [2.24, 2.45) is 5.92 Å². The van der Waals surface area contributed by atoms with Crippen LogP contribution in [-0.2, 0) is 0 Å². The van der Waals surface area contributed by atoms with Crippen molar-refractivity contribution in [1.82, 2.24) is 0 Å². The average molecular weight is 193 g/mol. The normalized spacial score (nSPS) is 50.7. The molecule has 0 aromatic rings. The summed E-state index contributed by atoms with van der Waals surface area (Å²) in [7, 11) is 0. The van der Waals surface area contributed by atoms with Gasteiger partial charge in [-0.3, -0.25) is 0 Å². The Morgan fingerprint density at radius 2 is 1.82 bits per heavy atom. The lowest BCUT2D eigenvalue weighted by Gasteiger charge is -2.18. The van der Waals surface area contributed by atoms with E-state index in [1.165, 1.54) is 32.1 Å². The highest BCUT2D eigenvalue weighted by Gasteiger charge is 2.56. The van der Waals surface area contributed by atoms with Gasteiger partial charge in [-0.15, -0.1) is 23.2 Å². The molecular formula is C9H14Cl2. The van der Waals surface area contributed by atoms with Crippen molar-refractivity contribution in [3.05, 3.63) is 0 Å². The number of rotatable bonds is 0. The fraction of sp³-hybridized carbons (Fsp3) is 1.00. The summed E-state index contributed by atoms with van der Waals surface area (Å²) in [5.41, 5.74) is 0. The molecule has 0 N–H and O–H groups in total. The molecule has 0 nitrogen and oxygen atoms in total. The molecule has 2 rings (SSSR count). The summed E-state index contributed by atoms with van der Waals surface area (Å²) in [5, 5.41) is 0.245. The first-order chi connectivity index (χ1) is 5.23. The second kappa shape index (κ2) is 2.81. The summed E-state index contributed by atoms with van der Waals surface area (Å²) < 4.78 is 0. The van der Waals surface area contributed by atoms with Gasteiger partial charge in [0.05, 0.1) is 10.3 Å². The van der Waals surface area contributed by atoms with Crippen LogP contribution in [0.4, 0.5) is 0 Å². The van der Waals surface area contributed by atoms with Gasteiger partial charge in [0, 0.05) is 0 Å². The topological polar surface area (TPSA) is 0 Å². The number of hydrogen-bond acceptors (Lipinski definition) is 0. The SMILES string of the molecule is ClC1CCCCCC2CC12Cl. The van der Waals surface area contributed by atoms with Gasteiger partial charge in [0.2, 0.25) is 0 Å². The van der Waals surface area contributed by atoms with E-state index in [1.54, 1.807) is 0 Å². The van der Waals surface area contributed by atoms with Crippen LogP contribution in [0.1, 0.15) is 38.5 Å². The molecule has 2 aliphatic carbocycles. The molecule has 2 saturated carbocycles. The van der Waals surface area contributed by atoms with Crippen LogP contribution in [0, 0.1) is 5.92 Å². The van der Waals surface area contributed by atoms with Crippen molar-refractivity contribution in [1.29, 1.82) is 0 Å². The zero-order chi connectivity index (χ0) is 7.90. The first-order valence-electron chi connectivity index (χ1n) is 4.56. The summed E-state index contributed by atoms with van der Waals surface area (Å²) >= 11 is 12.5. The summed E-state index contributed by atoms with van der Waals surface area (Å²) in [6.07, 6.45) is 7.60. The van der Waals surface area contributed by atoms with Crippen LogP contribution in [0.25, 0.3) is 0 Å². The molecule has 64 valence electrons. The third-order valence-electron chi connectivity index (χ3n) is 3.11. The third kappa shape index (κ3) is 1.40. The van der Waals surface area contributed by atoms with E-state index in [9.17, 15) is 0 Å². The number of halogens is 2. The van der Waals surface area contributed by atoms with Gasteiger partial charge in [0.25, 0.3) is 0 Å². The van der Waals surface area contributed by atoms with Crippen LogP contribution in [0.2, 0.25) is 0 Å². The Kier molecular flexibility index (Phi) is 2.09. The lowest BCUT2D eigenvalue weighted by molar-refractivity contribution is 0.504. The van der Waals surface area contributed by atoms with Crippen LogP contribution < -0.4 is 0 Å². The van der Waals surface area contributed by atoms with Gasteiger partial charge in [-0.2, -0.15) is 0 Å². The second-order valence-electron chi connectivity index (χ2n) is 3.93. The standard InChI is InChI=1S/C9H14Cl2/c10-8-5-3-1-2-4-7-6-9(7,8)11/h7-8H,1-6H2. The maximum absolute atomic E-state index is 6.34. The van der Waals surface area contributed by atoms with E-state index in [4.69, 9.17) is 23.2 Å². The van der Waals surface area contributed by atoms with E-state index in [2.05, 4.69) is 0 Å². The Hall–Kier alpha value is 0.580. The molecule has 0 saturated heterocycles. The lowest BCUT2D eigenvalue weighted by Crippen LogP contribution is -2.20. The first-order valence-corrected chi connectivity index (χ1v) is 5.38. The molecule has 0 spiro atoms. The molecule has 2 aliphatic rings. The van der Waals surface area contributed by atoms with Crippen molar-refractivity contribution >= 4 is 23.2 Å². The van der Waals surface area contributed by atoms with Gasteiger partial charge in [0.15, 0.2) is 0 Å². The van der Waals surface area contributed by atoms with E-state index in [1.807, 2.05) is 0 Å². The minimum Gasteiger partial charge on any atom is -0.121 e. The zero-order valence-electron chi connectivity index (χ0n) is 6.65. The molecule has 0 aliphatic heterocycles. The Morgan fingerprint density at radius 3 is 2.64 bits per heavy atom. The minimum atomic E-state index is 0.0158. The Bertz CT molecular complexity index is 156. The molecule has 0 aromatic carbocycles. The average Bonchev–Trinajstić information content (AvgIpc) is 2.59. The molecule has 3 unspecified atom stereocenters. The van der Waals surface area contributed by atoms with Gasteiger partial charge in [0.1, 0.15) is 0 Å². The smallest absolute Gasteiger partial charge is 0.0641 e. The Labute approximate surface area is 78.3 Å². The fourth-order valence-corrected chi connectivity index (χ4v) is 3.00. The number of alkyl halides is 2. The van der Waals surface area contributed by atoms with Crippen molar-refractivity contribution in [2.75, 3.05) is 0 Å². The number of hydrogen-bond donors (Lipinski definition) is 0. The molecule has 2 fully saturated rings. The van der Waals surface area contributed by atoms with E-state index in [-0.39, 0.29) is 10.3 Å². The van der Waals surface area contributed by atoms with Crippen molar-refractivity contribution in [3.63, 3.8) is 0 Å². The predicted molar refractivity (Wildman–Crippen MR) is 49.4 cm³/mol. The minimum absolute atomic E-state index is 0.0158. The Balaban J connectivity index is 2.00. The van der Waals surface area contributed by atoms with Gasteiger partial charge in [-0.25, -0.2) is 0 Å². The van der Waals surface area contributed by atoms with Crippen LogP contribution in [-0.4, -0.2) is 10.3 Å². The molecule has 0 aromatic heterocycles. The molecule has 11 heavy (non-hydrogen) atoms. The van der Waals surface area contributed by atoms with E-state index in [0.717, 1.165) is 12.3 Å². The molecule has 0 bridgehead atoms. The molecular weight excluding hydrogens is 179 g/mol. The molecule has 0 radical (unpaired) electrons. The monoisotopic (exact) mass is 192 g/mol. The maximum atomic E-state index is 6.34. The largest absolute Gasteiger partial charge is 0.121 e. The Morgan fingerprint density at radius 1 is 1.09 bits per heavy atom. The van der Waals surface area contributed by atoms with Crippen molar-refractivity contribution < 1.29 is 0 Å². The molecule has 0 amide bonds. The highest BCUT2D eigenvalue weighted by atomic mass is 35.5. The third-order valence-corrected chi connectivity index (χ3v) is 4.55. The number of fused-ring (bicyclic) bond motifs is 1. The van der Waals surface area contributed by atoms with Crippen LogP contribution >= 0.6 is 23.2 Å². The summed E-state index contributed by atoms with van der Waals surface area (Å²) in [5.74, 6) is 0.743. The summed E-state index contributed by atoms with van der Waals surface area (Å²) in [6, 6.07) is 0. The molecule has 0 heterocycles.